The lowest BCUT2D eigenvalue weighted by atomic mass is 10.1. The number of amides is 1. The molecule has 0 aromatic carbocycles. The summed E-state index contributed by atoms with van der Waals surface area (Å²) >= 11 is 0. The van der Waals surface area contributed by atoms with Gasteiger partial charge in [-0.05, 0) is 41.0 Å². The van der Waals surface area contributed by atoms with Gasteiger partial charge in [0.1, 0.15) is 0 Å². The maximum Gasteiger partial charge on any atom is 0.221 e. The molecule has 1 amide bonds. The fourth-order valence-corrected chi connectivity index (χ4v) is 1.26. The summed E-state index contributed by atoms with van der Waals surface area (Å²) in [5.41, 5.74) is 0.0748. The minimum absolute atomic E-state index is 0.0748. The molecule has 0 aliphatic heterocycles. The monoisotopic (exact) mass is 244 g/mol. The van der Waals surface area contributed by atoms with E-state index in [2.05, 4.69) is 31.4 Å². The van der Waals surface area contributed by atoms with E-state index in [1.54, 1.807) is 0 Å². The van der Waals surface area contributed by atoms with Crippen LogP contribution in [0.4, 0.5) is 0 Å². The second-order valence-corrected chi connectivity index (χ2v) is 5.55. The van der Waals surface area contributed by atoms with Crippen LogP contribution in [0.5, 0.6) is 0 Å². The zero-order chi connectivity index (χ0) is 13.3. The third-order valence-corrected chi connectivity index (χ3v) is 2.10. The Balaban J connectivity index is 3.35. The van der Waals surface area contributed by atoms with Crippen LogP contribution in [-0.2, 0) is 9.53 Å². The van der Waals surface area contributed by atoms with E-state index in [-0.39, 0.29) is 17.6 Å². The summed E-state index contributed by atoms with van der Waals surface area (Å²) in [6, 6.07) is 0. The van der Waals surface area contributed by atoms with Crippen molar-refractivity contribution < 1.29 is 9.53 Å². The van der Waals surface area contributed by atoms with E-state index in [0.717, 1.165) is 13.0 Å². The molecule has 2 N–H and O–H groups in total. The maximum atomic E-state index is 11.4. The molecule has 0 rings (SSSR count). The van der Waals surface area contributed by atoms with Crippen molar-refractivity contribution in [1.82, 2.24) is 10.6 Å². The molecule has 0 aromatic rings. The SMILES string of the molecule is CC(C)OCCCNC(=O)CCNC(C)(C)C. The molecule has 4 heteroatoms. The fourth-order valence-electron chi connectivity index (χ4n) is 1.26. The van der Waals surface area contributed by atoms with Gasteiger partial charge in [-0.1, -0.05) is 0 Å². The minimum Gasteiger partial charge on any atom is -0.379 e. The van der Waals surface area contributed by atoms with Crippen molar-refractivity contribution in [3.05, 3.63) is 0 Å². The van der Waals surface area contributed by atoms with Crippen LogP contribution in [0, 0.1) is 0 Å². The Morgan fingerprint density at radius 1 is 1.24 bits per heavy atom. The summed E-state index contributed by atoms with van der Waals surface area (Å²) in [6.07, 6.45) is 1.67. The van der Waals surface area contributed by atoms with Crippen LogP contribution in [0.15, 0.2) is 0 Å². The first-order valence-corrected chi connectivity index (χ1v) is 6.44. The van der Waals surface area contributed by atoms with Crippen molar-refractivity contribution in [2.24, 2.45) is 0 Å². The van der Waals surface area contributed by atoms with Crippen LogP contribution in [-0.4, -0.2) is 37.2 Å². The highest BCUT2D eigenvalue weighted by Crippen LogP contribution is 1.97. The summed E-state index contributed by atoms with van der Waals surface area (Å²) in [7, 11) is 0. The molecular weight excluding hydrogens is 216 g/mol. The predicted octanol–water partition coefficient (Wildman–Crippen LogP) is 1.70. The van der Waals surface area contributed by atoms with Gasteiger partial charge in [0.25, 0.3) is 0 Å². The summed E-state index contributed by atoms with van der Waals surface area (Å²) in [4.78, 5) is 11.4. The van der Waals surface area contributed by atoms with E-state index in [9.17, 15) is 4.79 Å². The van der Waals surface area contributed by atoms with E-state index in [0.29, 0.717) is 19.6 Å². The van der Waals surface area contributed by atoms with Gasteiger partial charge in [0.15, 0.2) is 0 Å². The van der Waals surface area contributed by atoms with Gasteiger partial charge >= 0.3 is 0 Å². The molecule has 0 unspecified atom stereocenters. The van der Waals surface area contributed by atoms with Crippen LogP contribution in [0.2, 0.25) is 0 Å². The topological polar surface area (TPSA) is 50.4 Å². The van der Waals surface area contributed by atoms with Gasteiger partial charge in [-0.25, -0.2) is 0 Å². The van der Waals surface area contributed by atoms with Crippen LogP contribution in [0.1, 0.15) is 47.5 Å². The second-order valence-electron chi connectivity index (χ2n) is 5.55. The van der Waals surface area contributed by atoms with E-state index in [4.69, 9.17) is 4.74 Å². The van der Waals surface area contributed by atoms with Crippen molar-refractivity contribution in [1.29, 1.82) is 0 Å². The first kappa shape index (κ1) is 16.4. The second kappa shape index (κ2) is 8.48. The average Bonchev–Trinajstić information content (AvgIpc) is 2.14. The van der Waals surface area contributed by atoms with Gasteiger partial charge < -0.3 is 15.4 Å². The molecule has 0 aromatic heterocycles. The Morgan fingerprint density at radius 2 is 1.88 bits per heavy atom. The molecule has 0 fully saturated rings. The molecule has 102 valence electrons. The molecule has 17 heavy (non-hydrogen) atoms. The number of carbonyl (C=O) groups is 1. The highest BCUT2D eigenvalue weighted by atomic mass is 16.5. The van der Waals surface area contributed by atoms with Gasteiger partial charge in [-0.3, -0.25) is 4.79 Å². The molecule has 0 aliphatic carbocycles. The molecule has 0 aliphatic rings. The van der Waals surface area contributed by atoms with Gasteiger partial charge in [0.05, 0.1) is 6.10 Å². The van der Waals surface area contributed by atoms with Gasteiger partial charge in [-0.15, -0.1) is 0 Å². The molecule has 4 nitrogen and oxygen atoms in total. The number of nitrogens with one attached hydrogen (secondary N) is 2. The Labute approximate surface area is 105 Å². The largest absolute Gasteiger partial charge is 0.379 e. The molecule has 0 bridgehead atoms. The fraction of sp³-hybridized carbons (Fsp3) is 0.923. The number of hydrogen-bond acceptors (Lipinski definition) is 3. The number of carbonyl (C=O) groups excluding carboxylic acids is 1. The minimum atomic E-state index is 0.0748. The third-order valence-electron chi connectivity index (χ3n) is 2.10. The van der Waals surface area contributed by atoms with Gasteiger partial charge in [0.2, 0.25) is 5.91 Å². The van der Waals surface area contributed by atoms with Crippen molar-refractivity contribution in [3.63, 3.8) is 0 Å². The number of ether oxygens (including phenoxy) is 1. The van der Waals surface area contributed by atoms with E-state index in [1.807, 2.05) is 13.8 Å². The van der Waals surface area contributed by atoms with E-state index < -0.39 is 0 Å². The standard InChI is InChI=1S/C13H28N2O2/c1-11(2)17-10-6-8-14-12(16)7-9-15-13(3,4)5/h11,15H,6-10H2,1-5H3,(H,14,16). The number of rotatable bonds is 8. The molecule has 0 atom stereocenters. The Bertz CT molecular complexity index is 210. The zero-order valence-electron chi connectivity index (χ0n) is 11.9. The van der Waals surface area contributed by atoms with Crippen molar-refractivity contribution >= 4 is 5.91 Å². The van der Waals surface area contributed by atoms with E-state index >= 15 is 0 Å². The van der Waals surface area contributed by atoms with Gasteiger partial charge in [-0.2, -0.15) is 0 Å². The van der Waals surface area contributed by atoms with E-state index in [1.165, 1.54) is 0 Å². The first-order chi connectivity index (χ1) is 7.81. The quantitative estimate of drug-likeness (QED) is 0.639. The van der Waals surface area contributed by atoms with Crippen LogP contribution >= 0.6 is 0 Å². The molecular formula is C13H28N2O2. The molecule has 0 saturated heterocycles. The molecule has 0 heterocycles. The highest BCUT2D eigenvalue weighted by Gasteiger charge is 2.09. The first-order valence-electron chi connectivity index (χ1n) is 6.44. The lowest BCUT2D eigenvalue weighted by Crippen LogP contribution is -2.38. The Hall–Kier alpha value is -0.610. The molecule has 0 spiro atoms. The Morgan fingerprint density at radius 3 is 2.41 bits per heavy atom. The average molecular weight is 244 g/mol. The van der Waals surface area contributed by atoms with Gasteiger partial charge in [0, 0.05) is 31.7 Å². The highest BCUT2D eigenvalue weighted by molar-refractivity contribution is 5.75. The van der Waals surface area contributed by atoms with Crippen LogP contribution in [0.3, 0.4) is 0 Å². The van der Waals surface area contributed by atoms with Crippen LogP contribution < -0.4 is 10.6 Å². The molecule has 0 saturated carbocycles. The normalized spacial score (nSPS) is 11.9. The summed E-state index contributed by atoms with van der Waals surface area (Å²) < 4.78 is 5.39. The van der Waals surface area contributed by atoms with Crippen LogP contribution in [0.25, 0.3) is 0 Å². The van der Waals surface area contributed by atoms with Crippen molar-refractivity contribution in [2.45, 2.75) is 59.1 Å². The van der Waals surface area contributed by atoms with Crippen molar-refractivity contribution in [2.75, 3.05) is 19.7 Å². The smallest absolute Gasteiger partial charge is 0.221 e. The summed E-state index contributed by atoms with van der Waals surface area (Å²) in [5, 5.41) is 6.17. The zero-order valence-corrected chi connectivity index (χ0v) is 11.9. The van der Waals surface area contributed by atoms with Crippen molar-refractivity contribution in [3.8, 4) is 0 Å². The molecule has 0 radical (unpaired) electrons. The third kappa shape index (κ3) is 13.3. The Kier molecular flexibility index (Phi) is 8.17. The summed E-state index contributed by atoms with van der Waals surface area (Å²) in [5.74, 6) is 0.103. The lowest BCUT2D eigenvalue weighted by molar-refractivity contribution is -0.121. The lowest BCUT2D eigenvalue weighted by Gasteiger charge is -2.20. The number of hydrogen-bond donors (Lipinski definition) is 2. The summed E-state index contributed by atoms with van der Waals surface area (Å²) in [6.45, 7) is 12.4. The predicted molar refractivity (Wildman–Crippen MR) is 71.1 cm³/mol. The maximum absolute atomic E-state index is 11.4.